The molecular weight excluding hydrogens is 248 g/mol. The largest absolute Gasteiger partial charge is 0.486 e. The summed E-state index contributed by atoms with van der Waals surface area (Å²) in [5.41, 5.74) is 3.91. The Morgan fingerprint density at radius 3 is 2.72 bits per heavy atom. The van der Waals surface area contributed by atoms with Crippen molar-refractivity contribution in [3.05, 3.63) is 46.2 Å². The summed E-state index contributed by atoms with van der Waals surface area (Å²) in [7, 11) is 0. The highest BCUT2D eigenvalue weighted by atomic mass is 32.1. The lowest BCUT2D eigenvalue weighted by Crippen LogP contribution is -2.28. The summed E-state index contributed by atoms with van der Waals surface area (Å²) in [6, 6.07) is 9.99. The van der Waals surface area contributed by atoms with Crippen LogP contribution in [0.3, 0.4) is 0 Å². The number of rotatable bonds is 3. The minimum atomic E-state index is -0.0131. The summed E-state index contributed by atoms with van der Waals surface area (Å²) >= 11 is 1.67. The Morgan fingerprint density at radius 2 is 2.00 bits per heavy atom. The zero-order valence-corrected chi connectivity index (χ0v) is 10.6. The molecule has 0 saturated carbocycles. The molecule has 0 radical (unpaired) electrons. The van der Waals surface area contributed by atoms with Gasteiger partial charge in [-0.2, -0.15) is 0 Å². The van der Waals surface area contributed by atoms with E-state index in [2.05, 4.69) is 11.5 Å². The molecule has 3 rings (SSSR count). The van der Waals surface area contributed by atoms with Gasteiger partial charge in [-0.15, -0.1) is 11.3 Å². The Balaban J connectivity index is 1.95. The first kappa shape index (κ1) is 11.5. The molecule has 2 aromatic rings. The second-order valence-electron chi connectivity index (χ2n) is 4.02. The van der Waals surface area contributed by atoms with E-state index in [4.69, 9.17) is 15.3 Å². The summed E-state index contributed by atoms with van der Waals surface area (Å²) in [5.74, 6) is 7.24. The quantitative estimate of drug-likeness (QED) is 0.657. The Kier molecular flexibility index (Phi) is 3.19. The van der Waals surface area contributed by atoms with E-state index >= 15 is 0 Å². The topological polar surface area (TPSA) is 56.5 Å². The minimum absolute atomic E-state index is 0.0131. The Hall–Kier alpha value is -1.56. The van der Waals surface area contributed by atoms with Crippen LogP contribution in [0.4, 0.5) is 0 Å². The highest BCUT2D eigenvalue weighted by Crippen LogP contribution is 2.34. The van der Waals surface area contributed by atoms with Crippen LogP contribution in [-0.4, -0.2) is 13.2 Å². The molecule has 1 atom stereocenters. The molecule has 1 aliphatic rings. The van der Waals surface area contributed by atoms with Crippen molar-refractivity contribution >= 4 is 11.3 Å². The van der Waals surface area contributed by atoms with E-state index in [0.717, 1.165) is 17.1 Å². The lowest BCUT2D eigenvalue weighted by Gasteiger charge is -2.21. The van der Waals surface area contributed by atoms with Crippen LogP contribution in [0.2, 0.25) is 0 Å². The summed E-state index contributed by atoms with van der Waals surface area (Å²) in [5, 5.41) is 2.04. The van der Waals surface area contributed by atoms with Crippen LogP contribution in [0, 0.1) is 0 Å². The number of ether oxygens (including phenoxy) is 2. The molecule has 2 heterocycles. The van der Waals surface area contributed by atoms with Crippen LogP contribution in [0.25, 0.3) is 0 Å². The van der Waals surface area contributed by atoms with Gasteiger partial charge in [0.25, 0.3) is 0 Å². The number of nitrogens with one attached hydrogen (secondary N) is 1. The molecule has 0 fully saturated rings. The molecule has 1 unspecified atom stereocenters. The van der Waals surface area contributed by atoms with E-state index in [1.165, 1.54) is 4.88 Å². The fourth-order valence-corrected chi connectivity index (χ4v) is 2.85. The highest BCUT2D eigenvalue weighted by Gasteiger charge is 2.18. The van der Waals surface area contributed by atoms with E-state index in [1.807, 2.05) is 29.6 Å². The molecule has 0 amide bonds. The van der Waals surface area contributed by atoms with Gasteiger partial charge in [-0.3, -0.25) is 5.84 Å². The van der Waals surface area contributed by atoms with E-state index in [-0.39, 0.29) is 6.04 Å². The van der Waals surface area contributed by atoms with Crippen LogP contribution in [0.5, 0.6) is 11.5 Å². The van der Waals surface area contributed by atoms with Gasteiger partial charge in [-0.05, 0) is 29.1 Å². The molecule has 3 N–H and O–H groups in total. The second kappa shape index (κ2) is 4.97. The number of nitrogens with two attached hydrogens (primary N) is 1. The predicted octanol–water partition coefficient (Wildman–Crippen LogP) is 2.07. The van der Waals surface area contributed by atoms with Crippen LogP contribution >= 0.6 is 11.3 Å². The van der Waals surface area contributed by atoms with Crippen molar-refractivity contribution in [2.75, 3.05) is 13.2 Å². The maximum Gasteiger partial charge on any atom is 0.161 e. The summed E-state index contributed by atoms with van der Waals surface area (Å²) in [6.45, 7) is 1.20. The van der Waals surface area contributed by atoms with Crippen molar-refractivity contribution in [2.24, 2.45) is 5.84 Å². The van der Waals surface area contributed by atoms with Gasteiger partial charge >= 0.3 is 0 Å². The standard InChI is InChI=1S/C13H14N2O2S/c14-15-13(12-2-1-7-18-12)9-3-4-10-11(8-9)17-6-5-16-10/h1-4,7-8,13,15H,5-6,14H2. The molecule has 1 aliphatic heterocycles. The normalized spacial score (nSPS) is 15.4. The van der Waals surface area contributed by atoms with Crippen molar-refractivity contribution in [1.82, 2.24) is 5.43 Å². The molecule has 94 valence electrons. The van der Waals surface area contributed by atoms with Crippen LogP contribution in [-0.2, 0) is 0 Å². The SMILES string of the molecule is NNC(c1ccc2c(c1)OCCO2)c1cccs1. The maximum absolute atomic E-state index is 5.66. The highest BCUT2D eigenvalue weighted by molar-refractivity contribution is 7.10. The zero-order chi connectivity index (χ0) is 12.4. The van der Waals surface area contributed by atoms with Gasteiger partial charge in [0.15, 0.2) is 11.5 Å². The van der Waals surface area contributed by atoms with Crippen LogP contribution in [0.15, 0.2) is 35.7 Å². The molecule has 0 spiro atoms. The Morgan fingerprint density at radius 1 is 1.17 bits per heavy atom. The molecule has 0 aliphatic carbocycles. The Bertz CT molecular complexity index is 528. The average molecular weight is 262 g/mol. The smallest absolute Gasteiger partial charge is 0.161 e. The molecule has 0 bridgehead atoms. The first-order valence-electron chi connectivity index (χ1n) is 5.77. The second-order valence-corrected chi connectivity index (χ2v) is 5.00. The third-order valence-electron chi connectivity index (χ3n) is 2.89. The molecule has 5 heteroatoms. The first-order chi connectivity index (χ1) is 8.88. The number of benzene rings is 1. The molecule has 1 aromatic carbocycles. The molecule has 0 saturated heterocycles. The third-order valence-corrected chi connectivity index (χ3v) is 3.83. The van der Waals surface area contributed by atoms with Gasteiger partial charge in [0, 0.05) is 4.88 Å². The predicted molar refractivity (Wildman–Crippen MR) is 70.9 cm³/mol. The van der Waals surface area contributed by atoms with Gasteiger partial charge in [0.05, 0.1) is 6.04 Å². The molecule has 18 heavy (non-hydrogen) atoms. The van der Waals surface area contributed by atoms with Gasteiger partial charge in [-0.1, -0.05) is 12.1 Å². The molecule has 4 nitrogen and oxygen atoms in total. The number of hydrazine groups is 1. The fraction of sp³-hybridized carbons (Fsp3) is 0.231. The fourth-order valence-electron chi connectivity index (χ4n) is 2.04. The summed E-state index contributed by atoms with van der Waals surface area (Å²) < 4.78 is 11.1. The van der Waals surface area contributed by atoms with Crippen LogP contribution in [0.1, 0.15) is 16.5 Å². The van der Waals surface area contributed by atoms with Crippen molar-refractivity contribution < 1.29 is 9.47 Å². The van der Waals surface area contributed by atoms with Crippen molar-refractivity contribution in [1.29, 1.82) is 0 Å². The lowest BCUT2D eigenvalue weighted by molar-refractivity contribution is 0.171. The van der Waals surface area contributed by atoms with E-state index < -0.39 is 0 Å². The average Bonchev–Trinajstić information content (AvgIpc) is 2.93. The van der Waals surface area contributed by atoms with Crippen molar-refractivity contribution in [2.45, 2.75) is 6.04 Å². The number of hydrogen-bond donors (Lipinski definition) is 2. The van der Waals surface area contributed by atoms with Gasteiger partial charge in [0.2, 0.25) is 0 Å². The van der Waals surface area contributed by atoms with Gasteiger partial charge in [0.1, 0.15) is 13.2 Å². The Labute approximate surface area is 109 Å². The lowest BCUT2D eigenvalue weighted by atomic mass is 10.1. The van der Waals surface area contributed by atoms with E-state index in [0.29, 0.717) is 13.2 Å². The summed E-state index contributed by atoms with van der Waals surface area (Å²) in [6.07, 6.45) is 0. The maximum atomic E-state index is 5.66. The van der Waals surface area contributed by atoms with Crippen LogP contribution < -0.4 is 20.7 Å². The van der Waals surface area contributed by atoms with Gasteiger partial charge < -0.3 is 9.47 Å². The van der Waals surface area contributed by atoms with Crippen molar-refractivity contribution in [3.8, 4) is 11.5 Å². The van der Waals surface area contributed by atoms with E-state index in [1.54, 1.807) is 11.3 Å². The number of fused-ring (bicyclic) bond motifs is 1. The van der Waals surface area contributed by atoms with E-state index in [9.17, 15) is 0 Å². The molecule has 1 aromatic heterocycles. The third kappa shape index (κ3) is 2.08. The van der Waals surface area contributed by atoms with Gasteiger partial charge in [-0.25, -0.2) is 5.43 Å². The number of thiophene rings is 1. The van der Waals surface area contributed by atoms with Crippen molar-refractivity contribution in [3.63, 3.8) is 0 Å². The summed E-state index contributed by atoms with van der Waals surface area (Å²) in [4.78, 5) is 1.18. The monoisotopic (exact) mass is 262 g/mol. The zero-order valence-electron chi connectivity index (χ0n) is 9.76. The number of hydrogen-bond acceptors (Lipinski definition) is 5. The first-order valence-corrected chi connectivity index (χ1v) is 6.65. The minimum Gasteiger partial charge on any atom is -0.486 e. The molecular formula is C13H14N2O2S.